The summed E-state index contributed by atoms with van der Waals surface area (Å²) in [5, 5.41) is 8.71. The lowest BCUT2D eigenvalue weighted by atomic mass is 10.0. The highest BCUT2D eigenvalue weighted by Gasteiger charge is 2.11. The Morgan fingerprint density at radius 2 is 1.35 bits per heavy atom. The van der Waals surface area contributed by atoms with Crippen LogP contribution >= 0.6 is 0 Å². The Labute approximate surface area is 125 Å². The van der Waals surface area contributed by atoms with E-state index in [9.17, 15) is 4.79 Å². The number of hydrogen-bond donors (Lipinski definition) is 1. The minimum absolute atomic E-state index is 0.108. The third-order valence-corrected chi connectivity index (χ3v) is 3.79. The summed E-state index contributed by atoms with van der Waals surface area (Å²) in [4.78, 5) is 10.6. The first-order chi connectivity index (χ1) is 9.56. The summed E-state index contributed by atoms with van der Waals surface area (Å²) < 4.78 is 5.17. The number of methoxy groups -OCH3 is 1. The molecule has 0 aromatic rings. The van der Waals surface area contributed by atoms with E-state index in [-0.39, 0.29) is 12.5 Å². The van der Waals surface area contributed by atoms with Gasteiger partial charge in [0, 0.05) is 7.11 Å². The molecule has 0 spiro atoms. The predicted molar refractivity (Wildman–Crippen MR) is 84.1 cm³/mol. The molecule has 0 aliphatic carbocycles. The molecule has 0 aliphatic rings. The smallest absolute Gasteiger partial charge is 0.305 e. The highest BCUT2D eigenvalue weighted by Crippen LogP contribution is 2.14. The van der Waals surface area contributed by atoms with Gasteiger partial charge in [0.05, 0.1) is 12.5 Å². The first kappa shape index (κ1) is 19.4. The van der Waals surface area contributed by atoms with Crippen molar-refractivity contribution in [3.8, 4) is 0 Å². The first-order valence-corrected chi connectivity index (χ1v) is 8.30. The van der Waals surface area contributed by atoms with Crippen molar-refractivity contribution in [2.45, 2.75) is 90.6 Å². The van der Waals surface area contributed by atoms with E-state index in [4.69, 9.17) is 9.84 Å². The molecule has 0 saturated carbocycles. The van der Waals surface area contributed by atoms with E-state index < -0.39 is 5.97 Å². The summed E-state index contributed by atoms with van der Waals surface area (Å²) in [6.07, 6.45) is 12.6. The van der Waals surface area contributed by atoms with E-state index in [0.717, 1.165) is 18.8 Å². The van der Waals surface area contributed by atoms with Crippen LogP contribution in [-0.4, -0.2) is 24.3 Å². The molecule has 0 aromatic carbocycles. The average Bonchev–Trinajstić information content (AvgIpc) is 2.38. The highest BCUT2D eigenvalue weighted by molar-refractivity contribution is 5.67. The normalized spacial score (nSPS) is 12.8. The van der Waals surface area contributed by atoms with Crippen LogP contribution in [-0.2, 0) is 9.53 Å². The number of hydrogen-bond acceptors (Lipinski definition) is 2. The molecule has 1 atom stereocenters. The maximum absolute atomic E-state index is 10.6. The van der Waals surface area contributed by atoms with Crippen molar-refractivity contribution in [1.29, 1.82) is 0 Å². The molecule has 0 rings (SSSR count). The van der Waals surface area contributed by atoms with E-state index in [1.54, 1.807) is 7.11 Å². The van der Waals surface area contributed by atoms with E-state index in [1.165, 1.54) is 51.4 Å². The lowest BCUT2D eigenvalue weighted by Crippen LogP contribution is -2.15. The van der Waals surface area contributed by atoms with Gasteiger partial charge in [-0.15, -0.1) is 0 Å². The summed E-state index contributed by atoms with van der Waals surface area (Å²) in [6.45, 7) is 4.58. The van der Waals surface area contributed by atoms with Gasteiger partial charge < -0.3 is 9.84 Å². The molecular formula is C17H34O3. The number of ether oxygens (including phenoxy) is 1. The van der Waals surface area contributed by atoms with Gasteiger partial charge in [0.15, 0.2) is 0 Å². The quantitative estimate of drug-likeness (QED) is 0.455. The largest absolute Gasteiger partial charge is 0.481 e. The van der Waals surface area contributed by atoms with Crippen molar-refractivity contribution in [3.63, 3.8) is 0 Å². The third kappa shape index (κ3) is 13.9. The van der Waals surface area contributed by atoms with E-state index in [2.05, 4.69) is 13.8 Å². The fourth-order valence-electron chi connectivity index (χ4n) is 2.48. The zero-order chi connectivity index (χ0) is 15.2. The van der Waals surface area contributed by atoms with Gasteiger partial charge in [0.1, 0.15) is 0 Å². The van der Waals surface area contributed by atoms with Crippen molar-refractivity contribution in [2.24, 2.45) is 5.92 Å². The molecule has 0 bridgehead atoms. The number of carbonyl (C=O) groups is 1. The molecule has 120 valence electrons. The van der Waals surface area contributed by atoms with E-state index >= 15 is 0 Å². The predicted octanol–water partition coefficient (Wildman–Crippen LogP) is 5.03. The van der Waals surface area contributed by atoms with Gasteiger partial charge in [0.2, 0.25) is 0 Å². The highest BCUT2D eigenvalue weighted by atomic mass is 16.5. The fraction of sp³-hybridized carbons (Fsp3) is 0.941. The van der Waals surface area contributed by atoms with Gasteiger partial charge in [0.25, 0.3) is 0 Å². The molecule has 0 radical (unpaired) electrons. The molecule has 3 nitrogen and oxygen atoms in total. The first-order valence-electron chi connectivity index (χ1n) is 8.30. The molecule has 0 fully saturated rings. The van der Waals surface area contributed by atoms with Crippen molar-refractivity contribution in [3.05, 3.63) is 0 Å². The van der Waals surface area contributed by atoms with Crippen LogP contribution in [0.3, 0.4) is 0 Å². The van der Waals surface area contributed by atoms with Gasteiger partial charge in [-0.3, -0.25) is 4.79 Å². The van der Waals surface area contributed by atoms with E-state index in [1.807, 2.05) is 0 Å². The summed E-state index contributed by atoms with van der Waals surface area (Å²) >= 11 is 0. The van der Waals surface area contributed by atoms with Crippen molar-refractivity contribution in [1.82, 2.24) is 0 Å². The Morgan fingerprint density at radius 1 is 0.900 bits per heavy atom. The van der Waals surface area contributed by atoms with Crippen LogP contribution in [0.25, 0.3) is 0 Å². The lowest BCUT2D eigenvalue weighted by molar-refractivity contribution is -0.139. The number of carboxylic acids is 1. The molecule has 3 heteroatoms. The molecule has 0 heterocycles. The zero-order valence-corrected chi connectivity index (χ0v) is 13.7. The van der Waals surface area contributed by atoms with Crippen LogP contribution in [0.4, 0.5) is 0 Å². The Bertz CT molecular complexity index is 226. The van der Waals surface area contributed by atoms with Gasteiger partial charge in [-0.05, 0) is 12.3 Å². The molecular weight excluding hydrogens is 252 g/mol. The lowest BCUT2D eigenvalue weighted by Gasteiger charge is -2.12. The van der Waals surface area contributed by atoms with Crippen molar-refractivity contribution < 1.29 is 14.6 Å². The van der Waals surface area contributed by atoms with Crippen LogP contribution in [0.1, 0.15) is 84.5 Å². The van der Waals surface area contributed by atoms with Gasteiger partial charge in [-0.2, -0.15) is 0 Å². The Balaban J connectivity index is 3.25. The van der Waals surface area contributed by atoms with Gasteiger partial charge in [-0.25, -0.2) is 0 Å². The zero-order valence-electron chi connectivity index (χ0n) is 13.7. The van der Waals surface area contributed by atoms with Crippen LogP contribution in [0.15, 0.2) is 0 Å². The molecule has 0 saturated heterocycles. The third-order valence-electron chi connectivity index (χ3n) is 3.79. The van der Waals surface area contributed by atoms with Crippen LogP contribution < -0.4 is 0 Å². The van der Waals surface area contributed by atoms with Crippen LogP contribution in [0.2, 0.25) is 0 Å². The molecule has 0 amide bonds. The summed E-state index contributed by atoms with van der Waals surface area (Å²) in [5.41, 5.74) is 0. The standard InChI is InChI=1S/C17H34O3/c1-15(2)12-10-8-6-4-5-7-9-11-13-16(20-3)14-17(18)19/h15-16H,4-14H2,1-3H3,(H,18,19)/t16-/m1/s1. The Kier molecular flexibility index (Phi) is 13.0. The second-order valence-corrected chi connectivity index (χ2v) is 6.26. The number of carboxylic acid groups (broad SMARTS) is 1. The van der Waals surface area contributed by atoms with Crippen LogP contribution in [0, 0.1) is 5.92 Å². The fourth-order valence-corrected chi connectivity index (χ4v) is 2.48. The number of rotatable bonds is 14. The summed E-state index contributed by atoms with van der Waals surface area (Å²) in [7, 11) is 1.60. The molecule has 20 heavy (non-hydrogen) atoms. The SMILES string of the molecule is CO[C@H](CCCCCCCCCCC(C)C)CC(=O)O. The maximum Gasteiger partial charge on any atom is 0.305 e. The molecule has 1 N–H and O–H groups in total. The topological polar surface area (TPSA) is 46.5 Å². The molecule has 0 aliphatic heterocycles. The number of unbranched alkanes of at least 4 members (excludes halogenated alkanes) is 7. The van der Waals surface area contributed by atoms with Gasteiger partial charge >= 0.3 is 5.97 Å². The summed E-state index contributed by atoms with van der Waals surface area (Å²) in [5.74, 6) is 0.0766. The van der Waals surface area contributed by atoms with Gasteiger partial charge in [-0.1, -0.05) is 71.6 Å². The minimum Gasteiger partial charge on any atom is -0.481 e. The molecule has 0 unspecified atom stereocenters. The second kappa shape index (κ2) is 13.4. The Morgan fingerprint density at radius 3 is 1.75 bits per heavy atom. The van der Waals surface area contributed by atoms with Crippen LogP contribution in [0.5, 0.6) is 0 Å². The minimum atomic E-state index is -0.766. The van der Waals surface area contributed by atoms with Crippen molar-refractivity contribution >= 4 is 5.97 Å². The monoisotopic (exact) mass is 286 g/mol. The van der Waals surface area contributed by atoms with Crippen molar-refractivity contribution in [2.75, 3.05) is 7.11 Å². The maximum atomic E-state index is 10.6. The average molecular weight is 286 g/mol. The Hall–Kier alpha value is -0.570. The van der Waals surface area contributed by atoms with E-state index in [0.29, 0.717) is 0 Å². The summed E-state index contributed by atoms with van der Waals surface area (Å²) in [6, 6.07) is 0. The number of aliphatic carboxylic acids is 1. The molecule has 0 aromatic heterocycles. The second-order valence-electron chi connectivity index (χ2n) is 6.26.